The van der Waals surface area contributed by atoms with Gasteiger partial charge in [0.15, 0.2) is 5.65 Å². The Morgan fingerprint density at radius 1 is 0.794 bits per heavy atom. The molecule has 6 rings (SSSR count). The minimum atomic E-state index is -0.146. The Kier molecular flexibility index (Phi) is 4.96. The second-order valence-corrected chi connectivity index (χ2v) is 10.9. The molecule has 3 aromatic carbocycles. The summed E-state index contributed by atoms with van der Waals surface area (Å²) in [4.78, 5) is 5.32. The van der Waals surface area contributed by atoms with Gasteiger partial charge in [-0.3, -0.25) is 0 Å². The van der Waals surface area contributed by atoms with Crippen molar-refractivity contribution in [3.63, 3.8) is 0 Å². The molecule has 2 aromatic heterocycles. The van der Waals surface area contributed by atoms with E-state index >= 15 is 0 Å². The molecule has 0 saturated carbocycles. The first-order valence-electron chi connectivity index (χ1n) is 11.8. The average molecular weight is 508 g/mol. The van der Waals surface area contributed by atoms with Crippen LogP contribution in [0.2, 0.25) is 0 Å². The zero-order valence-electron chi connectivity index (χ0n) is 19.6. The minimum Gasteiger partial charge on any atom is -0.232 e. The van der Waals surface area contributed by atoms with Gasteiger partial charge in [0.05, 0.1) is 22.5 Å². The van der Waals surface area contributed by atoms with Crippen molar-refractivity contribution in [1.29, 1.82) is 0 Å². The molecule has 0 atom stereocenters. The van der Waals surface area contributed by atoms with Crippen LogP contribution in [0.15, 0.2) is 83.3 Å². The first-order chi connectivity index (χ1) is 16.4. The SMILES string of the molecule is CC(C)(C)c1nn(-c2ccccc2)c2nc3c(c(-c4ccc(Br)cc4)c12)-c1ccccc1CC3. The molecule has 5 aromatic rings. The lowest BCUT2D eigenvalue weighted by molar-refractivity contribution is 0.565. The number of aromatic nitrogens is 3. The molecule has 2 heterocycles. The monoisotopic (exact) mass is 507 g/mol. The Balaban J connectivity index is 1.81. The second-order valence-electron chi connectivity index (χ2n) is 10.0. The van der Waals surface area contributed by atoms with Gasteiger partial charge >= 0.3 is 0 Å². The van der Waals surface area contributed by atoms with E-state index in [1.165, 1.54) is 27.8 Å². The van der Waals surface area contributed by atoms with Crippen LogP contribution in [-0.2, 0) is 18.3 Å². The molecule has 0 bridgehead atoms. The maximum atomic E-state index is 5.32. The molecule has 1 aliphatic rings. The summed E-state index contributed by atoms with van der Waals surface area (Å²) < 4.78 is 3.12. The summed E-state index contributed by atoms with van der Waals surface area (Å²) in [7, 11) is 0. The number of pyridine rings is 1. The number of aryl methyl sites for hydroxylation is 2. The fraction of sp³-hybridized carbons (Fsp3) is 0.200. The molecule has 0 aliphatic heterocycles. The number of para-hydroxylation sites is 1. The van der Waals surface area contributed by atoms with E-state index in [9.17, 15) is 0 Å². The van der Waals surface area contributed by atoms with Crippen molar-refractivity contribution < 1.29 is 0 Å². The van der Waals surface area contributed by atoms with Crippen molar-refractivity contribution in [2.45, 2.75) is 39.0 Å². The molecular weight excluding hydrogens is 482 g/mol. The van der Waals surface area contributed by atoms with Crippen LogP contribution >= 0.6 is 15.9 Å². The zero-order chi connectivity index (χ0) is 23.4. The summed E-state index contributed by atoms with van der Waals surface area (Å²) >= 11 is 3.62. The van der Waals surface area contributed by atoms with Crippen LogP contribution < -0.4 is 0 Å². The van der Waals surface area contributed by atoms with Gasteiger partial charge in [0.1, 0.15) is 0 Å². The van der Waals surface area contributed by atoms with E-state index in [0.717, 1.165) is 45.4 Å². The molecule has 168 valence electrons. The van der Waals surface area contributed by atoms with E-state index in [0.29, 0.717) is 0 Å². The van der Waals surface area contributed by atoms with Gasteiger partial charge in [0.2, 0.25) is 0 Å². The lowest BCUT2D eigenvalue weighted by Crippen LogP contribution is -2.14. The predicted octanol–water partition coefficient (Wildman–Crippen LogP) is 7.91. The normalized spacial score (nSPS) is 13.1. The number of benzene rings is 3. The van der Waals surface area contributed by atoms with Crippen molar-refractivity contribution in [1.82, 2.24) is 14.8 Å². The summed E-state index contributed by atoms with van der Waals surface area (Å²) in [6, 6.07) is 27.8. The first kappa shape index (κ1) is 21.3. The number of nitrogens with zero attached hydrogens (tertiary/aromatic N) is 3. The predicted molar refractivity (Wildman–Crippen MR) is 144 cm³/mol. The van der Waals surface area contributed by atoms with Gasteiger partial charge in [-0.15, -0.1) is 0 Å². The standard InChI is InChI=1S/C30H26BrN3/c1-30(2,3)28-27-25(20-13-16-21(31)17-14-20)26-23-12-8-7-9-19(23)15-18-24(26)32-29(27)34(33-28)22-10-5-4-6-11-22/h4-14,16-17H,15,18H2,1-3H3. The van der Waals surface area contributed by atoms with Gasteiger partial charge in [-0.25, -0.2) is 9.67 Å². The summed E-state index contributed by atoms with van der Waals surface area (Å²) in [5.41, 5.74) is 10.4. The average Bonchev–Trinajstić information content (AvgIpc) is 3.23. The lowest BCUT2D eigenvalue weighted by Gasteiger charge is -2.24. The minimum absolute atomic E-state index is 0.146. The Bertz CT molecular complexity index is 1520. The number of hydrogen-bond donors (Lipinski definition) is 0. The maximum Gasteiger partial charge on any atom is 0.164 e. The number of hydrogen-bond acceptors (Lipinski definition) is 2. The highest BCUT2D eigenvalue weighted by molar-refractivity contribution is 9.10. The van der Waals surface area contributed by atoms with E-state index in [1.54, 1.807) is 0 Å². The molecule has 1 aliphatic carbocycles. The molecule has 3 nitrogen and oxygen atoms in total. The third-order valence-corrected chi connectivity index (χ3v) is 7.18. The van der Waals surface area contributed by atoms with E-state index in [-0.39, 0.29) is 5.41 Å². The smallest absolute Gasteiger partial charge is 0.164 e. The fourth-order valence-electron chi connectivity index (χ4n) is 5.08. The van der Waals surface area contributed by atoms with Gasteiger partial charge in [-0.2, -0.15) is 5.10 Å². The number of fused-ring (bicyclic) bond motifs is 4. The van der Waals surface area contributed by atoms with Crippen molar-refractivity contribution in [2.24, 2.45) is 0 Å². The quantitative estimate of drug-likeness (QED) is 0.243. The highest BCUT2D eigenvalue weighted by atomic mass is 79.9. The molecule has 0 unspecified atom stereocenters. The Morgan fingerprint density at radius 3 is 2.24 bits per heavy atom. The van der Waals surface area contributed by atoms with Crippen LogP contribution in [0.4, 0.5) is 0 Å². The van der Waals surface area contributed by atoms with Gasteiger partial charge < -0.3 is 0 Å². The van der Waals surface area contributed by atoms with Crippen LogP contribution in [0.5, 0.6) is 0 Å². The molecular formula is C30H26BrN3. The molecule has 0 spiro atoms. The highest BCUT2D eigenvalue weighted by Crippen LogP contribution is 2.46. The third-order valence-electron chi connectivity index (χ3n) is 6.65. The van der Waals surface area contributed by atoms with E-state index in [4.69, 9.17) is 10.1 Å². The van der Waals surface area contributed by atoms with Crippen molar-refractivity contribution >= 4 is 27.0 Å². The first-order valence-corrected chi connectivity index (χ1v) is 12.6. The van der Waals surface area contributed by atoms with Crippen molar-refractivity contribution in [3.05, 3.63) is 100 Å². The van der Waals surface area contributed by atoms with E-state index < -0.39 is 0 Å². The second kappa shape index (κ2) is 7.92. The van der Waals surface area contributed by atoms with E-state index in [2.05, 4.69) is 109 Å². The summed E-state index contributed by atoms with van der Waals surface area (Å²) in [6.07, 6.45) is 1.93. The number of halogens is 1. The fourth-order valence-corrected chi connectivity index (χ4v) is 5.35. The molecule has 0 N–H and O–H groups in total. The topological polar surface area (TPSA) is 30.7 Å². The Morgan fingerprint density at radius 2 is 1.50 bits per heavy atom. The molecule has 0 saturated heterocycles. The van der Waals surface area contributed by atoms with Gasteiger partial charge in [-0.05, 0) is 53.8 Å². The van der Waals surface area contributed by atoms with Crippen molar-refractivity contribution in [3.8, 4) is 27.9 Å². The molecule has 4 heteroatoms. The summed E-state index contributed by atoms with van der Waals surface area (Å²) in [5.74, 6) is 0. The van der Waals surface area contributed by atoms with E-state index in [1.807, 2.05) is 10.7 Å². The van der Waals surface area contributed by atoms with Crippen LogP contribution in [0.25, 0.3) is 39.0 Å². The molecule has 34 heavy (non-hydrogen) atoms. The summed E-state index contributed by atoms with van der Waals surface area (Å²) in [6.45, 7) is 6.72. The number of rotatable bonds is 2. The largest absolute Gasteiger partial charge is 0.232 e. The van der Waals surface area contributed by atoms with Gasteiger partial charge in [0.25, 0.3) is 0 Å². The van der Waals surface area contributed by atoms with Gasteiger partial charge in [-0.1, -0.05) is 91.3 Å². The van der Waals surface area contributed by atoms with Crippen molar-refractivity contribution in [2.75, 3.05) is 0 Å². The Labute approximate surface area is 208 Å². The molecule has 0 fully saturated rings. The van der Waals surface area contributed by atoms with Gasteiger partial charge in [0, 0.05) is 21.0 Å². The lowest BCUT2D eigenvalue weighted by atomic mass is 9.80. The highest BCUT2D eigenvalue weighted by Gasteiger charge is 2.31. The zero-order valence-corrected chi connectivity index (χ0v) is 21.2. The van der Waals surface area contributed by atoms with Crippen LogP contribution in [0.1, 0.15) is 37.7 Å². The van der Waals surface area contributed by atoms with Crippen LogP contribution in [0, 0.1) is 0 Å². The Hall–Kier alpha value is -3.24. The molecule has 0 radical (unpaired) electrons. The van der Waals surface area contributed by atoms with Crippen LogP contribution in [0.3, 0.4) is 0 Å². The molecule has 0 amide bonds. The third kappa shape index (κ3) is 3.40. The maximum absolute atomic E-state index is 5.32. The summed E-state index contributed by atoms with van der Waals surface area (Å²) in [5, 5.41) is 6.35. The van der Waals surface area contributed by atoms with Crippen LogP contribution in [-0.4, -0.2) is 14.8 Å².